The molecule has 2 aromatic rings. The first kappa shape index (κ1) is 35.1. The Hall–Kier alpha value is -3.23. The van der Waals surface area contributed by atoms with Gasteiger partial charge in [-0.05, 0) is 87.1 Å². The number of halogens is 1. The molecule has 0 radical (unpaired) electrons. The Balaban J connectivity index is 1.08. The van der Waals surface area contributed by atoms with Gasteiger partial charge in [-0.2, -0.15) is 12.7 Å². The molecule has 0 saturated carbocycles. The number of esters is 1. The molecule has 0 amide bonds. The Labute approximate surface area is 278 Å². The predicted octanol–water partition coefficient (Wildman–Crippen LogP) is 3.94. The van der Waals surface area contributed by atoms with Crippen LogP contribution >= 0.6 is 0 Å². The normalized spacial score (nSPS) is 20.8. The monoisotopic (exact) mass is 671 g/mol. The lowest BCUT2D eigenvalue weighted by Gasteiger charge is -2.35. The fourth-order valence-corrected chi connectivity index (χ4v) is 8.06. The van der Waals surface area contributed by atoms with E-state index in [-0.39, 0.29) is 23.9 Å². The highest BCUT2D eigenvalue weighted by atomic mass is 32.2. The molecule has 13 heteroatoms. The van der Waals surface area contributed by atoms with E-state index in [0.717, 1.165) is 45.2 Å². The molecule has 0 bridgehead atoms. The lowest BCUT2D eigenvalue weighted by Crippen LogP contribution is -2.48. The molecule has 2 aliphatic heterocycles. The summed E-state index contributed by atoms with van der Waals surface area (Å²) in [4.78, 5) is 18.2. The molecule has 3 aliphatic rings. The van der Waals surface area contributed by atoms with Gasteiger partial charge in [0.1, 0.15) is 11.5 Å². The van der Waals surface area contributed by atoms with Crippen LogP contribution in [0.4, 0.5) is 4.39 Å². The second-order valence-corrected chi connectivity index (χ2v) is 15.2. The van der Waals surface area contributed by atoms with Gasteiger partial charge in [0.25, 0.3) is 10.2 Å². The first-order valence-corrected chi connectivity index (χ1v) is 18.2. The number of nitrogens with one attached hydrogen (secondary N) is 2. The van der Waals surface area contributed by atoms with Crippen LogP contribution in [0.2, 0.25) is 0 Å². The third kappa shape index (κ3) is 9.23. The van der Waals surface area contributed by atoms with Crippen LogP contribution < -0.4 is 16.3 Å². The number of hydrogen-bond acceptors (Lipinski definition) is 8. The number of allylic oxidation sites excluding steroid dienone is 4. The molecule has 1 aromatic carbocycles. The largest absolute Gasteiger partial charge is 0.461 e. The molecular formula is C34H50FN7O4S. The van der Waals surface area contributed by atoms with Gasteiger partial charge in [0.15, 0.2) is 0 Å². The maximum atomic E-state index is 14.2. The molecule has 47 heavy (non-hydrogen) atoms. The van der Waals surface area contributed by atoms with Crippen molar-refractivity contribution in [1.29, 1.82) is 0 Å². The Morgan fingerprint density at radius 1 is 1.17 bits per heavy atom. The Bertz CT molecular complexity index is 1570. The second kappa shape index (κ2) is 15.8. The average molecular weight is 672 g/mol. The number of aromatic amines is 1. The summed E-state index contributed by atoms with van der Waals surface area (Å²) in [6.07, 6.45) is 14.8. The molecule has 1 atom stereocenters. The number of ether oxygens (including phenoxy) is 1. The lowest BCUT2D eigenvalue weighted by molar-refractivity contribution is 0.0452. The minimum Gasteiger partial charge on any atom is -0.461 e. The van der Waals surface area contributed by atoms with Crippen LogP contribution in [0.3, 0.4) is 0 Å². The molecule has 1 unspecified atom stereocenters. The molecular weight excluding hydrogens is 621 g/mol. The number of fused-ring (bicyclic) bond motifs is 1. The minimum atomic E-state index is -3.50. The number of rotatable bonds is 13. The summed E-state index contributed by atoms with van der Waals surface area (Å²) >= 11 is 0. The number of aromatic nitrogens is 1. The van der Waals surface area contributed by atoms with Gasteiger partial charge in [0.2, 0.25) is 0 Å². The summed E-state index contributed by atoms with van der Waals surface area (Å²) in [6.45, 7) is 8.50. The molecule has 258 valence electrons. The topological polar surface area (TPSA) is 150 Å². The van der Waals surface area contributed by atoms with E-state index in [1.807, 2.05) is 13.8 Å². The van der Waals surface area contributed by atoms with Crippen LogP contribution in [0.5, 0.6) is 0 Å². The van der Waals surface area contributed by atoms with Gasteiger partial charge < -0.3 is 25.4 Å². The highest BCUT2D eigenvalue weighted by Crippen LogP contribution is 2.31. The van der Waals surface area contributed by atoms with Crippen molar-refractivity contribution in [3.8, 4) is 0 Å². The first-order valence-electron chi connectivity index (χ1n) is 16.8. The summed E-state index contributed by atoms with van der Waals surface area (Å²) in [5.41, 5.74) is 7.81. The van der Waals surface area contributed by atoms with E-state index in [0.29, 0.717) is 66.9 Å². The third-order valence-corrected chi connectivity index (χ3v) is 11.1. The number of hydrazine groups is 1. The number of piperidine rings is 2. The van der Waals surface area contributed by atoms with Crippen molar-refractivity contribution in [1.82, 2.24) is 23.9 Å². The van der Waals surface area contributed by atoms with E-state index in [1.165, 1.54) is 17.1 Å². The number of nitrogens with two attached hydrogens (primary N) is 2. The van der Waals surface area contributed by atoms with Crippen LogP contribution in [0.25, 0.3) is 16.6 Å². The van der Waals surface area contributed by atoms with Gasteiger partial charge in [-0.25, -0.2) is 19.7 Å². The van der Waals surface area contributed by atoms with Crippen LogP contribution in [0, 0.1) is 29.5 Å². The van der Waals surface area contributed by atoms with Crippen LogP contribution in [-0.4, -0.2) is 86.0 Å². The van der Waals surface area contributed by atoms with Crippen LogP contribution in [-0.2, 0) is 14.9 Å². The van der Waals surface area contributed by atoms with Crippen molar-refractivity contribution >= 4 is 32.8 Å². The number of likely N-dealkylation sites (tertiary alicyclic amines) is 1. The molecule has 5 rings (SSSR count). The molecule has 0 spiro atoms. The molecule has 1 aliphatic carbocycles. The van der Waals surface area contributed by atoms with Gasteiger partial charge in [0.05, 0.1) is 12.3 Å². The van der Waals surface area contributed by atoms with E-state index >= 15 is 0 Å². The average Bonchev–Trinajstić information content (AvgIpc) is 3.44. The number of H-pyrrole nitrogens is 1. The number of carbonyl (C=O) groups is 1. The third-order valence-electron chi connectivity index (χ3n) is 9.45. The Morgan fingerprint density at radius 2 is 1.91 bits per heavy atom. The van der Waals surface area contributed by atoms with Crippen molar-refractivity contribution in [2.75, 3.05) is 52.4 Å². The van der Waals surface area contributed by atoms with E-state index in [2.05, 4.69) is 38.9 Å². The molecule has 11 nitrogen and oxygen atoms in total. The predicted molar refractivity (Wildman–Crippen MR) is 183 cm³/mol. The first-order chi connectivity index (χ1) is 22.5. The van der Waals surface area contributed by atoms with E-state index in [1.54, 1.807) is 16.6 Å². The van der Waals surface area contributed by atoms with Gasteiger partial charge >= 0.3 is 5.97 Å². The zero-order valence-corrected chi connectivity index (χ0v) is 28.4. The van der Waals surface area contributed by atoms with Crippen LogP contribution in [0.15, 0.2) is 48.7 Å². The maximum absolute atomic E-state index is 14.2. The quantitative estimate of drug-likeness (QED) is 0.142. The van der Waals surface area contributed by atoms with Crippen molar-refractivity contribution in [2.24, 2.45) is 35.2 Å². The van der Waals surface area contributed by atoms with Crippen molar-refractivity contribution < 1.29 is 22.3 Å². The van der Waals surface area contributed by atoms with Gasteiger partial charge in [-0.3, -0.25) is 0 Å². The molecule has 2 fully saturated rings. The fraction of sp³-hybridized carbons (Fsp3) is 0.559. The summed E-state index contributed by atoms with van der Waals surface area (Å²) in [5.74, 6) is 6.88. The Kier molecular flexibility index (Phi) is 11.8. The SMILES string of the molecule is CC(C)COC(=O)c1[nH]c2ccc(F)cc2c1/C(N)=C/N(N)CC1CCN(CCNS(=O)(=O)N2CCC(C3C=CC=CC3)CC2)CC1. The standard InChI is InChI=1S/C34H50FN7O4S/c1-24(2)23-46-34(43)33-32(29-20-28(35)8-9-31(29)39-33)30(36)22-41(37)21-25-10-15-40(16-11-25)19-14-38-47(44,45)42-17-12-27(13-18-42)26-6-4-3-5-7-26/h3-6,8-9,20,22,24-27,38-39H,7,10-19,21,23,36-37H2,1-2H3/b30-22-. The smallest absolute Gasteiger partial charge is 0.355 e. The summed E-state index contributed by atoms with van der Waals surface area (Å²) < 4.78 is 49.9. The summed E-state index contributed by atoms with van der Waals surface area (Å²) in [7, 11) is -3.50. The molecule has 2 saturated heterocycles. The Morgan fingerprint density at radius 3 is 2.60 bits per heavy atom. The minimum absolute atomic E-state index is 0.155. The number of nitrogens with zero attached hydrogens (tertiary/aromatic N) is 3. The molecule has 3 heterocycles. The maximum Gasteiger partial charge on any atom is 0.355 e. The second-order valence-electron chi connectivity index (χ2n) is 13.5. The highest BCUT2D eigenvalue weighted by Gasteiger charge is 2.31. The molecule has 6 N–H and O–H groups in total. The van der Waals surface area contributed by atoms with E-state index in [4.69, 9.17) is 16.3 Å². The van der Waals surface area contributed by atoms with Gasteiger partial charge in [0, 0.05) is 55.4 Å². The van der Waals surface area contributed by atoms with Gasteiger partial charge in [-0.15, -0.1) is 0 Å². The number of hydrogen-bond donors (Lipinski definition) is 4. The van der Waals surface area contributed by atoms with Crippen molar-refractivity contribution in [3.05, 3.63) is 65.8 Å². The molecule has 1 aromatic heterocycles. The summed E-state index contributed by atoms with van der Waals surface area (Å²) in [6, 6.07) is 4.23. The summed E-state index contributed by atoms with van der Waals surface area (Å²) in [5, 5.41) is 2.00. The van der Waals surface area contributed by atoms with Crippen molar-refractivity contribution in [2.45, 2.75) is 46.0 Å². The highest BCUT2D eigenvalue weighted by molar-refractivity contribution is 7.87. The number of carbonyl (C=O) groups excluding carboxylic acids is 1. The van der Waals surface area contributed by atoms with Crippen LogP contribution in [0.1, 0.15) is 62.0 Å². The lowest BCUT2D eigenvalue weighted by atomic mass is 9.81. The van der Waals surface area contributed by atoms with Crippen molar-refractivity contribution in [3.63, 3.8) is 0 Å². The van der Waals surface area contributed by atoms with Gasteiger partial charge in [-0.1, -0.05) is 38.2 Å². The fourth-order valence-electron chi connectivity index (χ4n) is 6.84. The van der Waals surface area contributed by atoms with E-state index in [9.17, 15) is 17.6 Å². The van der Waals surface area contributed by atoms with E-state index < -0.39 is 22.0 Å². The zero-order valence-electron chi connectivity index (χ0n) is 27.5. The number of benzene rings is 1. The zero-order chi connectivity index (χ0) is 33.6.